The number of rotatable bonds is 7. The molecule has 4 rings (SSSR count). The van der Waals surface area contributed by atoms with Crippen molar-refractivity contribution in [1.82, 2.24) is 4.90 Å². The molecule has 3 aromatic rings. The summed E-state index contributed by atoms with van der Waals surface area (Å²) >= 11 is 6.99. The minimum atomic E-state index is -0.519. The van der Waals surface area contributed by atoms with Crippen molar-refractivity contribution in [2.75, 3.05) is 11.9 Å². The van der Waals surface area contributed by atoms with E-state index in [0.717, 1.165) is 22.2 Å². The van der Waals surface area contributed by atoms with E-state index in [1.54, 1.807) is 48.5 Å². The highest BCUT2D eigenvalue weighted by Crippen LogP contribution is 2.34. The maximum absolute atomic E-state index is 12.8. The maximum atomic E-state index is 12.8. The quantitative estimate of drug-likeness (QED) is 0.448. The SMILES string of the molecule is O=C(CN1C(=O)S/C(=C/c2ccccc2OCc2ccccc2Cl)C1=O)Nc1ccccc1. The molecule has 3 aromatic carbocycles. The summed E-state index contributed by atoms with van der Waals surface area (Å²) in [6.07, 6.45) is 1.60. The smallest absolute Gasteiger partial charge is 0.294 e. The largest absolute Gasteiger partial charge is 0.488 e. The first-order chi connectivity index (χ1) is 16.0. The summed E-state index contributed by atoms with van der Waals surface area (Å²) in [5.41, 5.74) is 2.07. The standard InChI is InChI=1S/C25H19ClN2O4S/c26-20-12-6-4-9-18(20)16-32-21-13-7-5-8-17(21)14-22-24(30)28(25(31)33-22)15-23(29)27-19-10-2-1-3-11-19/h1-14H,15-16H2,(H,27,29)/b22-14+. The summed E-state index contributed by atoms with van der Waals surface area (Å²) in [4.78, 5) is 38.7. The van der Waals surface area contributed by atoms with Crippen molar-refractivity contribution >= 4 is 52.2 Å². The average Bonchev–Trinajstić information content (AvgIpc) is 3.07. The van der Waals surface area contributed by atoms with Gasteiger partial charge in [0.1, 0.15) is 18.9 Å². The Morgan fingerprint density at radius 3 is 2.45 bits per heavy atom. The van der Waals surface area contributed by atoms with E-state index in [1.165, 1.54) is 0 Å². The summed E-state index contributed by atoms with van der Waals surface area (Å²) in [5.74, 6) is -0.423. The number of imide groups is 1. The van der Waals surface area contributed by atoms with E-state index in [2.05, 4.69) is 5.32 Å². The van der Waals surface area contributed by atoms with Crippen LogP contribution in [0.4, 0.5) is 10.5 Å². The van der Waals surface area contributed by atoms with Gasteiger partial charge >= 0.3 is 0 Å². The zero-order valence-corrected chi connectivity index (χ0v) is 18.9. The molecule has 6 nitrogen and oxygen atoms in total. The van der Waals surface area contributed by atoms with Crippen LogP contribution in [0.3, 0.4) is 0 Å². The number of nitrogens with one attached hydrogen (secondary N) is 1. The molecule has 8 heteroatoms. The molecule has 3 amide bonds. The van der Waals surface area contributed by atoms with Gasteiger partial charge in [0.2, 0.25) is 5.91 Å². The van der Waals surface area contributed by atoms with E-state index < -0.39 is 17.1 Å². The zero-order valence-electron chi connectivity index (χ0n) is 17.4. The molecule has 0 aliphatic carbocycles. The second kappa shape index (κ2) is 10.4. The number of benzene rings is 3. The number of ether oxygens (including phenoxy) is 1. The van der Waals surface area contributed by atoms with Crippen LogP contribution >= 0.6 is 23.4 Å². The van der Waals surface area contributed by atoms with E-state index in [-0.39, 0.29) is 18.1 Å². The minimum absolute atomic E-state index is 0.223. The third-order valence-corrected chi connectivity index (χ3v) is 6.06. The molecule has 0 saturated carbocycles. The monoisotopic (exact) mass is 478 g/mol. The van der Waals surface area contributed by atoms with Crippen LogP contribution in [-0.4, -0.2) is 28.5 Å². The predicted molar refractivity (Wildman–Crippen MR) is 130 cm³/mol. The van der Waals surface area contributed by atoms with Crippen LogP contribution in [0.2, 0.25) is 5.02 Å². The summed E-state index contributed by atoms with van der Waals surface area (Å²) in [5, 5.41) is 2.78. The fourth-order valence-electron chi connectivity index (χ4n) is 3.15. The van der Waals surface area contributed by atoms with Crippen LogP contribution < -0.4 is 10.1 Å². The molecule has 0 spiro atoms. The molecule has 166 valence electrons. The molecule has 1 fully saturated rings. The van der Waals surface area contributed by atoms with Crippen molar-refractivity contribution < 1.29 is 19.1 Å². The van der Waals surface area contributed by atoms with E-state index in [4.69, 9.17) is 16.3 Å². The highest BCUT2D eigenvalue weighted by Gasteiger charge is 2.36. The molecular weight excluding hydrogens is 460 g/mol. The minimum Gasteiger partial charge on any atom is -0.488 e. The maximum Gasteiger partial charge on any atom is 0.294 e. The lowest BCUT2D eigenvalue weighted by atomic mass is 10.1. The van der Waals surface area contributed by atoms with Gasteiger partial charge in [0.25, 0.3) is 11.1 Å². The van der Waals surface area contributed by atoms with Crippen LogP contribution in [0.25, 0.3) is 6.08 Å². The van der Waals surface area contributed by atoms with Crippen molar-refractivity contribution in [3.8, 4) is 5.75 Å². The van der Waals surface area contributed by atoms with Gasteiger partial charge in [0, 0.05) is 21.8 Å². The highest BCUT2D eigenvalue weighted by atomic mass is 35.5. The van der Waals surface area contributed by atoms with Crippen molar-refractivity contribution in [2.24, 2.45) is 0 Å². The van der Waals surface area contributed by atoms with E-state index in [1.807, 2.05) is 36.4 Å². The van der Waals surface area contributed by atoms with Crippen LogP contribution in [0, 0.1) is 0 Å². The molecule has 1 aliphatic heterocycles. The summed E-state index contributed by atoms with van der Waals surface area (Å²) in [6.45, 7) is -0.104. The van der Waals surface area contributed by atoms with Gasteiger partial charge in [-0.1, -0.05) is 66.2 Å². The van der Waals surface area contributed by atoms with Gasteiger partial charge < -0.3 is 10.1 Å². The Labute approximate surface area is 200 Å². The van der Waals surface area contributed by atoms with Gasteiger partial charge in [-0.3, -0.25) is 19.3 Å². The second-order valence-corrected chi connectivity index (χ2v) is 8.50. The fourth-order valence-corrected chi connectivity index (χ4v) is 4.16. The molecular formula is C25H19ClN2O4S. The van der Waals surface area contributed by atoms with Crippen LogP contribution in [0.1, 0.15) is 11.1 Å². The normalized spacial score (nSPS) is 14.6. The van der Waals surface area contributed by atoms with E-state index in [0.29, 0.717) is 22.0 Å². The van der Waals surface area contributed by atoms with Gasteiger partial charge in [-0.25, -0.2) is 0 Å². The third-order valence-electron chi connectivity index (χ3n) is 4.78. The van der Waals surface area contributed by atoms with Crippen LogP contribution in [0.15, 0.2) is 83.8 Å². The number of anilines is 1. The molecule has 0 aromatic heterocycles. The third kappa shape index (κ3) is 5.63. The molecule has 1 aliphatic rings. The van der Waals surface area contributed by atoms with Gasteiger partial charge in [-0.2, -0.15) is 0 Å². The Balaban J connectivity index is 1.46. The Hall–Kier alpha value is -3.55. The Morgan fingerprint density at radius 2 is 1.67 bits per heavy atom. The van der Waals surface area contributed by atoms with Gasteiger partial charge in [0.15, 0.2) is 0 Å². The number of para-hydroxylation sites is 2. The lowest BCUT2D eigenvalue weighted by Gasteiger charge is -2.12. The van der Waals surface area contributed by atoms with Crippen molar-refractivity contribution in [1.29, 1.82) is 0 Å². The zero-order chi connectivity index (χ0) is 23.2. The number of carbonyl (C=O) groups is 3. The molecule has 1 heterocycles. The van der Waals surface area contributed by atoms with Gasteiger partial charge in [-0.05, 0) is 42.1 Å². The molecule has 1 N–H and O–H groups in total. The lowest BCUT2D eigenvalue weighted by Crippen LogP contribution is -2.36. The average molecular weight is 479 g/mol. The van der Waals surface area contributed by atoms with E-state index >= 15 is 0 Å². The van der Waals surface area contributed by atoms with Gasteiger partial charge in [-0.15, -0.1) is 0 Å². The van der Waals surface area contributed by atoms with Crippen molar-refractivity contribution in [3.05, 3.63) is 99.9 Å². The number of carbonyl (C=O) groups excluding carboxylic acids is 3. The number of thioether (sulfide) groups is 1. The molecule has 0 bridgehead atoms. The van der Waals surface area contributed by atoms with Gasteiger partial charge in [0.05, 0.1) is 4.91 Å². The number of halogens is 1. The fraction of sp³-hybridized carbons (Fsp3) is 0.0800. The number of nitrogens with zero attached hydrogens (tertiary/aromatic N) is 1. The van der Waals surface area contributed by atoms with Crippen molar-refractivity contribution in [3.63, 3.8) is 0 Å². The van der Waals surface area contributed by atoms with Crippen molar-refractivity contribution in [2.45, 2.75) is 6.61 Å². The highest BCUT2D eigenvalue weighted by molar-refractivity contribution is 8.18. The predicted octanol–water partition coefficient (Wildman–Crippen LogP) is 5.59. The number of hydrogen-bond acceptors (Lipinski definition) is 5. The second-order valence-electron chi connectivity index (χ2n) is 7.10. The topological polar surface area (TPSA) is 75.7 Å². The lowest BCUT2D eigenvalue weighted by molar-refractivity contribution is -0.127. The number of hydrogen-bond donors (Lipinski definition) is 1. The number of amides is 3. The first kappa shape index (κ1) is 22.6. The summed E-state index contributed by atoms with van der Waals surface area (Å²) in [7, 11) is 0. The Bertz CT molecular complexity index is 1230. The molecule has 0 unspecified atom stereocenters. The molecule has 0 radical (unpaired) electrons. The molecule has 0 atom stereocenters. The van der Waals surface area contributed by atoms with Crippen LogP contribution in [0.5, 0.6) is 5.75 Å². The molecule has 33 heavy (non-hydrogen) atoms. The first-order valence-electron chi connectivity index (χ1n) is 10.1. The Morgan fingerprint density at radius 1 is 0.970 bits per heavy atom. The summed E-state index contributed by atoms with van der Waals surface area (Å²) < 4.78 is 5.92. The Kier molecular flexibility index (Phi) is 7.12. The van der Waals surface area contributed by atoms with E-state index in [9.17, 15) is 14.4 Å². The van der Waals surface area contributed by atoms with Crippen LogP contribution in [-0.2, 0) is 16.2 Å². The molecule has 1 saturated heterocycles. The first-order valence-corrected chi connectivity index (χ1v) is 11.3. The summed E-state index contributed by atoms with van der Waals surface area (Å²) in [6, 6.07) is 23.4.